The van der Waals surface area contributed by atoms with Gasteiger partial charge in [0.25, 0.3) is 0 Å². The van der Waals surface area contributed by atoms with Gasteiger partial charge in [-0.15, -0.1) is 26.3 Å². The lowest BCUT2D eigenvalue weighted by Gasteiger charge is -2.35. The van der Waals surface area contributed by atoms with Crippen molar-refractivity contribution >= 4 is 0 Å². The van der Waals surface area contributed by atoms with Gasteiger partial charge < -0.3 is 0 Å². The summed E-state index contributed by atoms with van der Waals surface area (Å²) >= 11 is 0. The topological polar surface area (TPSA) is 6.48 Å². The van der Waals surface area contributed by atoms with Crippen molar-refractivity contribution < 1.29 is 0 Å². The number of hydrogen-bond donors (Lipinski definition) is 0. The van der Waals surface area contributed by atoms with Crippen molar-refractivity contribution in [1.82, 2.24) is 9.80 Å². The number of hydrogen-bond acceptors (Lipinski definition) is 2. The Balaban J connectivity index is 2.65. The van der Waals surface area contributed by atoms with E-state index in [1.807, 2.05) is 24.3 Å². The van der Waals surface area contributed by atoms with Crippen LogP contribution in [0.15, 0.2) is 62.8 Å². The molecule has 1 rings (SSSR count). The SMILES string of the molecule is C=CCN(CC=C)C1C=CC(N(CC=C)CC=C)CC1. The molecule has 0 aromatic carbocycles. The molecule has 2 atom stereocenters. The number of rotatable bonds is 10. The van der Waals surface area contributed by atoms with Crippen LogP contribution in [0.5, 0.6) is 0 Å². The van der Waals surface area contributed by atoms with E-state index in [9.17, 15) is 0 Å². The molecular weight excluding hydrogens is 244 g/mol. The van der Waals surface area contributed by atoms with Gasteiger partial charge >= 0.3 is 0 Å². The molecule has 0 spiro atoms. The minimum absolute atomic E-state index is 0.497. The summed E-state index contributed by atoms with van der Waals surface area (Å²) in [5.41, 5.74) is 0. The smallest absolute Gasteiger partial charge is 0.0286 e. The number of nitrogens with zero attached hydrogens (tertiary/aromatic N) is 2. The molecule has 0 amide bonds. The highest BCUT2D eigenvalue weighted by Gasteiger charge is 2.22. The Morgan fingerprint density at radius 3 is 1.20 bits per heavy atom. The van der Waals surface area contributed by atoms with E-state index in [1.165, 1.54) is 12.8 Å². The van der Waals surface area contributed by atoms with Crippen molar-refractivity contribution in [2.75, 3.05) is 26.2 Å². The third-order valence-electron chi connectivity index (χ3n) is 3.71. The van der Waals surface area contributed by atoms with Crippen LogP contribution in [0.4, 0.5) is 0 Å². The Morgan fingerprint density at radius 1 is 0.700 bits per heavy atom. The zero-order valence-corrected chi connectivity index (χ0v) is 12.6. The van der Waals surface area contributed by atoms with Crippen molar-refractivity contribution in [1.29, 1.82) is 0 Å². The Hall–Kier alpha value is -1.38. The summed E-state index contributed by atoms with van der Waals surface area (Å²) in [4.78, 5) is 4.80. The molecule has 0 aromatic rings. The first-order valence-electron chi connectivity index (χ1n) is 7.36. The minimum atomic E-state index is 0.497. The molecule has 0 aliphatic heterocycles. The zero-order chi connectivity index (χ0) is 14.8. The normalized spacial score (nSPS) is 21.9. The minimum Gasteiger partial charge on any atom is -0.290 e. The van der Waals surface area contributed by atoms with Gasteiger partial charge in [-0.25, -0.2) is 0 Å². The van der Waals surface area contributed by atoms with E-state index in [-0.39, 0.29) is 0 Å². The lowest BCUT2D eigenvalue weighted by Crippen LogP contribution is -2.41. The van der Waals surface area contributed by atoms with Gasteiger partial charge in [-0.05, 0) is 12.8 Å². The Morgan fingerprint density at radius 2 is 1.00 bits per heavy atom. The zero-order valence-electron chi connectivity index (χ0n) is 12.6. The molecule has 1 aliphatic rings. The van der Waals surface area contributed by atoms with E-state index < -0.39 is 0 Å². The highest BCUT2D eigenvalue weighted by Crippen LogP contribution is 2.21. The summed E-state index contributed by atoms with van der Waals surface area (Å²) in [6.45, 7) is 19.0. The third kappa shape index (κ3) is 4.95. The Labute approximate surface area is 124 Å². The summed E-state index contributed by atoms with van der Waals surface area (Å²) in [6, 6.07) is 0.994. The molecule has 2 unspecified atom stereocenters. The third-order valence-corrected chi connectivity index (χ3v) is 3.71. The van der Waals surface area contributed by atoms with Crippen molar-refractivity contribution in [2.24, 2.45) is 0 Å². The van der Waals surface area contributed by atoms with E-state index in [0.29, 0.717) is 12.1 Å². The van der Waals surface area contributed by atoms with Crippen molar-refractivity contribution in [2.45, 2.75) is 24.9 Å². The van der Waals surface area contributed by atoms with Gasteiger partial charge in [-0.3, -0.25) is 9.80 Å². The molecule has 0 saturated heterocycles. The molecule has 1 aliphatic carbocycles. The summed E-state index contributed by atoms with van der Waals surface area (Å²) in [5.74, 6) is 0. The maximum Gasteiger partial charge on any atom is 0.0286 e. The maximum atomic E-state index is 3.84. The van der Waals surface area contributed by atoms with Gasteiger partial charge in [0.05, 0.1) is 0 Å². The summed E-state index contributed by atoms with van der Waals surface area (Å²) in [7, 11) is 0. The van der Waals surface area contributed by atoms with E-state index in [1.54, 1.807) is 0 Å². The average molecular weight is 272 g/mol. The largest absolute Gasteiger partial charge is 0.290 e. The van der Waals surface area contributed by atoms with Crippen LogP contribution >= 0.6 is 0 Å². The van der Waals surface area contributed by atoms with Crippen LogP contribution in [0.1, 0.15) is 12.8 Å². The second-order valence-electron chi connectivity index (χ2n) is 5.16. The fraction of sp³-hybridized carbons (Fsp3) is 0.444. The standard InChI is InChI=1S/C18H28N2/c1-5-13-19(14-6-2)17-9-11-18(12-10-17)20(15-7-3)16-8-4/h5-9,11,17-18H,1-4,10,12-16H2. The summed E-state index contributed by atoms with van der Waals surface area (Å²) in [5, 5.41) is 0. The molecule has 0 saturated carbocycles. The summed E-state index contributed by atoms with van der Waals surface area (Å²) < 4.78 is 0. The second-order valence-corrected chi connectivity index (χ2v) is 5.16. The molecule has 110 valence electrons. The van der Waals surface area contributed by atoms with Crippen LogP contribution in [0.3, 0.4) is 0 Å². The lowest BCUT2D eigenvalue weighted by atomic mass is 9.96. The molecule has 0 heterocycles. The lowest BCUT2D eigenvalue weighted by molar-refractivity contribution is 0.210. The Kier molecular flexibility index (Phi) is 7.93. The van der Waals surface area contributed by atoms with E-state index in [4.69, 9.17) is 0 Å². The highest BCUT2D eigenvalue weighted by molar-refractivity contribution is 5.08. The van der Waals surface area contributed by atoms with Gasteiger partial charge in [0, 0.05) is 38.3 Å². The van der Waals surface area contributed by atoms with Crippen LogP contribution in [0.25, 0.3) is 0 Å². The molecule has 0 N–H and O–H groups in total. The molecular formula is C18H28N2. The van der Waals surface area contributed by atoms with Gasteiger partial charge in [0.15, 0.2) is 0 Å². The molecule has 0 aromatic heterocycles. The van der Waals surface area contributed by atoms with Crippen LogP contribution < -0.4 is 0 Å². The predicted molar refractivity (Wildman–Crippen MR) is 89.9 cm³/mol. The van der Waals surface area contributed by atoms with Gasteiger partial charge in [0.1, 0.15) is 0 Å². The van der Waals surface area contributed by atoms with Crippen LogP contribution in [-0.2, 0) is 0 Å². The maximum absolute atomic E-state index is 3.84. The van der Waals surface area contributed by atoms with Crippen LogP contribution in [0.2, 0.25) is 0 Å². The molecule has 0 fully saturated rings. The fourth-order valence-electron chi connectivity index (χ4n) is 2.75. The van der Waals surface area contributed by atoms with E-state index in [2.05, 4.69) is 48.3 Å². The Bertz CT molecular complexity index is 302. The van der Waals surface area contributed by atoms with E-state index >= 15 is 0 Å². The van der Waals surface area contributed by atoms with Crippen molar-refractivity contribution in [3.63, 3.8) is 0 Å². The van der Waals surface area contributed by atoms with Gasteiger partial charge in [-0.2, -0.15) is 0 Å². The average Bonchev–Trinajstić information content (AvgIpc) is 2.47. The fourth-order valence-corrected chi connectivity index (χ4v) is 2.75. The molecule has 0 radical (unpaired) electrons. The second kappa shape index (κ2) is 9.51. The van der Waals surface area contributed by atoms with Gasteiger partial charge in [-0.1, -0.05) is 36.5 Å². The monoisotopic (exact) mass is 272 g/mol. The quantitative estimate of drug-likeness (QED) is 0.562. The molecule has 2 heteroatoms. The predicted octanol–water partition coefficient (Wildman–Crippen LogP) is 3.42. The molecule has 0 bridgehead atoms. The molecule has 20 heavy (non-hydrogen) atoms. The van der Waals surface area contributed by atoms with Crippen molar-refractivity contribution in [3.8, 4) is 0 Å². The molecule has 2 nitrogen and oxygen atoms in total. The first kappa shape index (κ1) is 16.7. The summed E-state index contributed by atoms with van der Waals surface area (Å²) in [6.07, 6.45) is 14.9. The van der Waals surface area contributed by atoms with Gasteiger partial charge in [0.2, 0.25) is 0 Å². The first-order chi connectivity index (χ1) is 9.76. The highest BCUT2D eigenvalue weighted by atomic mass is 15.2. The van der Waals surface area contributed by atoms with Crippen molar-refractivity contribution in [3.05, 3.63) is 62.8 Å². The van der Waals surface area contributed by atoms with E-state index in [0.717, 1.165) is 26.2 Å². The van der Waals surface area contributed by atoms with Crippen LogP contribution in [-0.4, -0.2) is 48.1 Å². The van der Waals surface area contributed by atoms with Crippen LogP contribution in [0, 0.1) is 0 Å². The first-order valence-corrected chi connectivity index (χ1v) is 7.36.